The average Bonchev–Trinajstić information content (AvgIpc) is 1.94. The van der Waals surface area contributed by atoms with Gasteiger partial charge in [0.25, 0.3) is 0 Å². The summed E-state index contributed by atoms with van der Waals surface area (Å²) in [6, 6.07) is 5.37. The van der Waals surface area contributed by atoms with Crippen LogP contribution in [0.5, 0.6) is 0 Å². The van der Waals surface area contributed by atoms with Gasteiger partial charge in [-0.2, -0.15) is 0 Å². The summed E-state index contributed by atoms with van der Waals surface area (Å²) in [4.78, 5) is 0. The molecule has 1 atom stereocenters. The van der Waals surface area contributed by atoms with Gasteiger partial charge >= 0.3 is 0 Å². The van der Waals surface area contributed by atoms with Crippen LogP contribution in [0.2, 0.25) is 5.02 Å². The normalized spacial score (nSPS) is 13.1. The quantitative estimate of drug-likeness (QED) is 0.793. The van der Waals surface area contributed by atoms with Crippen molar-refractivity contribution in [1.29, 1.82) is 0 Å². The van der Waals surface area contributed by atoms with Crippen molar-refractivity contribution in [2.24, 2.45) is 0 Å². The molecule has 0 aliphatic heterocycles. The summed E-state index contributed by atoms with van der Waals surface area (Å²) in [6.07, 6.45) is -0.441. The molecule has 0 spiro atoms. The van der Waals surface area contributed by atoms with Crippen molar-refractivity contribution in [2.45, 2.75) is 13.0 Å². The minimum atomic E-state index is -0.441. The molecule has 3 heteroatoms. The second kappa shape index (κ2) is 3.57. The highest BCUT2D eigenvalue weighted by molar-refractivity contribution is 9.10. The fraction of sp³-hybridized carbons (Fsp3) is 0.250. The van der Waals surface area contributed by atoms with Crippen LogP contribution in [0.25, 0.3) is 0 Å². The monoisotopic (exact) mass is 234 g/mol. The smallest absolute Gasteiger partial charge is 0.0762 e. The Morgan fingerprint density at radius 2 is 2.18 bits per heavy atom. The second-order valence-electron chi connectivity index (χ2n) is 2.35. The fourth-order valence-corrected chi connectivity index (χ4v) is 1.29. The number of halogens is 2. The molecular weight excluding hydrogens is 227 g/mol. The molecule has 1 nitrogen and oxygen atoms in total. The molecule has 0 saturated heterocycles. The summed E-state index contributed by atoms with van der Waals surface area (Å²) in [6.45, 7) is 1.72. The molecule has 0 aliphatic rings. The maximum Gasteiger partial charge on any atom is 0.0762 e. The standard InChI is InChI=1S/C8H8BrClO/c1-5(11)6-2-3-8(10)7(9)4-6/h2-5,11H,1H3/t5-/m1/s1. The van der Waals surface area contributed by atoms with Gasteiger partial charge in [0.15, 0.2) is 0 Å². The average molecular weight is 236 g/mol. The largest absolute Gasteiger partial charge is 0.389 e. The van der Waals surface area contributed by atoms with Gasteiger partial charge in [0, 0.05) is 4.47 Å². The van der Waals surface area contributed by atoms with Gasteiger partial charge in [0.2, 0.25) is 0 Å². The van der Waals surface area contributed by atoms with Crippen LogP contribution in [-0.4, -0.2) is 5.11 Å². The number of aliphatic hydroxyl groups excluding tert-OH is 1. The number of aliphatic hydroxyl groups is 1. The number of hydrogen-bond donors (Lipinski definition) is 1. The van der Waals surface area contributed by atoms with Gasteiger partial charge in [0.1, 0.15) is 0 Å². The maximum absolute atomic E-state index is 9.18. The van der Waals surface area contributed by atoms with E-state index in [1.165, 1.54) is 0 Å². The first-order chi connectivity index (χ1) is 5.11. The summed E-state index contributed by atoms with van der Waals surface area (Å²) in [5.41, 5.74) is 0.862. The molecule has 60 valence electrons. The van der Waals surface area contributed by atoms with Crippen LogP contribution in [0, 0.1) is 0 Å². The molecular formula is C8H8BrClO. The molecule has 1 N–H and O–H groups in total. The van der Waals surface area contributed by atoms with E-state index in [0.717, 1.165) is 10.0 Å². The maximum atomic E-state index is 9.18. The van der Waals surface area contributed by atoms with Crippen molar-refractivity contribution >= 4 is 27.5 Å². The van der Waals surface area contributed by atoms with E-state index in [-0.39, 0.29) is 0 Å². The van der Waals surface area contributed by atoms with E-state index < -0.39 is 6.10 Å². The van der Waals surface area contributed by atoms with Crippen molar-refractivity contribution in [3.05, 3.63) is 33.3 Å². The highest BCUT2D eigenvalue weighted by Gasteiger charge is 2.02. The highest BCUT2D eigenvalue weighted by atomic mass is 79.9. The van der Waals surface area contributed by atoms with Crippen molar-refractivity contribution < 1.29 is 5.11 Å². The van der Waals surface area contributed by atoms with E-state index in [1.807, 2.05) is 6.07 Å². The second-order valence-corrected chi connectivity index (χ2v) is 3.61. The minimum absolute atomic E-state index is 0.441. The summed E-state index contributed by atoms with van der Waals surface area (Å²) >= 11 is 9.03. The molecule has 0 saturated carbocycles. The first kappa shape index (κ1) is 9.04. The predicted octanol–water partition coefficient (Wildman–Crippen LogP) is 3.16. The van der Waals surface area contributed by atoms with Gasteiger partial charge < -0.3 is 5.11 Å². The van der Waals surface area contributed by atoms with Gasteiger partial charge in [-0.3, -0.25) is 0 Å². The molecule has 1 rings (SSSR count). The molecule has 0 amide bonds. The predicted molar refractivity (Wildman–Crippen MR) is 49.8 cm³/mol. The Bertz CT molecular complexity index is 260. The van der Waals surface area contributed by atoms with Crippen molar-refractivity contribution in [3.63, 3.8) is 0 Å². The number of benzene rings is 1. The van der Waals surface area contributed by atoms with E-state index in [1.54, 1.807) is 19.1 Å². The van der Waals surface area contributed by atoms with Crippen LogP contribution in [0.1, 0.15) is 18.6 Å². The molecule has 0 unspecified atom stereocenters. The van der Waals surface area contributed by atoms with E-state index in [0.29, 0.717) is 5.02 Å². The van der Waals surface area contributed by atoms with E-state index >= 15 is 0 Å². The van der Waals surface area contributed by atoms with Crippen molar-refractivity contribution in [3.8, 4) is 0 Å². The van der Waals surface area contributed by atoms with Crippen LogP contribution < -0.4 is 0 Å². The molecule has 1 aromatic carbocycles. The van der Waals surface area contributed by atoms with Gasteiger partial charge in [-0.05, 0) is 40.5 Å². The zero-order valence-electron chi connectivity index (χ0n) is 6.01. The topological polar surface area (TPSA) is 20.2 Å². The Labute approximate surface area is 79.1 Å². The lowest BCUT2D eigenvalue weighted by Gasteiger charge is -2.04. The SMILES string of the molecule is C[C@@H](O)c1ccc(Cl)c(Br)c1. The van der Waals surface area contributed by atoms with Crippen LogP contribution in [0.3, 0.4) is 0 Å². The molecule has 0 aromatic heterocycles. The summed E-state index contributed by atoms with van der Waals surface area (Å²) in [7, 11) is 0. The van der Waals surface area contributed by atoms with Gasteiger partial charge in [-0.1, -0.05) is 17.7 Å². The van der Waals surface area contributed by atoms with Crippen molar-refractivity contribution in [1.82, 2.24) is 0 Å². The zero-order valence-corrected chi connectivity index (χ0v) is 8.35. The van der Waals surface area contributed by atoms with E-state index in [2.05, 4.69) is 15.9 Å². The molecule has 1 aromatic rings. The lowest BCUT2D eigenvalue weighted by Crippen LogP contribution is -1.89. The summed E-state index contributed by atoms with van der Waals surface area (Å²) in [5.74, 6) is 0. The third kappa shape index (κ3) is 2.19. The van der Waals surface area contributed by atoms with Gasteiger partial charge in [-0.25, -0.2) is 0 Å². The first-order valence-electron chi connectivity index (χ1n) is 3.24. The zero-order chi connectivity index (χ0) is 8.43. The van der Waals surface area contributed by atoms with Crippen LogP contribution in [0.4, 0.5) is 0 Å². The number of hydrogen-bond acceptors (Lipinski definition) is 1. The Kier molecular flexibility index (Phi) is 2.93. The minimum Gasteiger partial charge on any atom is -0.389 e. The summed E-state index contributed by atoms with van der Waals surface area (Å²) < 4.78 is 0.817. The lowest BCUT2D eigenvalue weighted by atomic mass is 10.1. The Morgan fingerprint density at radius 3 is 2.64 bits per heavy atom. The van der Waals surface area contributed by atoms with Crippen LogP contribution in [0.15, 0.2) is 22.7 Å². The van der Waals surface area contributed by atoms with Crippen LogP contribution >= 0.6 is 27.5 Å². The molecule has 0 heterocycles. The van der Waals surface area contributed by atoms with Crippen LogP contribution in [-0.2, 0) is 0 Å². The number of rotatable bonds is 1. The highest BCUT2D eigenvalue weighted by Crippen LogP contribution is 2.25. The van der Waals surface area contributed by atoms with E-state index in [4.69, 9.17) is 11.6 Å². The molecule has 0 fully saturated rings. The Balaban J connectivity index is 3.05. The molecule has 0 aliphatic carbocycles. The van der Waals surface area contributed by atoms with Gasteiger partial charge in [-0.15, -0.1) is 0 Å². The van der Waals surface area contributed by atoms with Gasteiger partial charge in [0.05, 0.1) is 11.1 Å². The first-order valence-corrected chi connectivity index (χ1v) is 4.41. The Morgan fingerprint density at radius 1 is 1.55 bits per heavy atom. The Hall–Kier alpha value is -0.0500. The van der Waals surface area contributed by atoms with Crippen molar-refractivity contribution in [2.75, 3.05) is 0 Å². The fourth-order valence-electron chi connectivity index (χ4n) is 0.772. The van der Waals surface area contributed by atoms with E-state index in [9.17, 15) is 5.11 Å². The molecule has 0 bridgehead atoms. The third-order valence-electron chi connectivity index (χ3n) is 1.43. The molecule has 0 radical (unpaired) electrons. The summed E-state index contributed by atoms with van der Waals surface area (Å²) in [5, 5.41) is 9.84. The third-order valence-corrected chi connectivity index (χ3v) is 2.64. The lowest BCUT2D eigenvalue weighted by molar-refractivity contribution is 0.199. The molecule has 11 heavy (non-hydrogen) atoms.